The van der Waals surface area contributed by atoms with Crippen molar-refractivity contribution in [3.63, 3.8) is 0 Å². The first-order valence-corrected chi connectivity index (χ1v) is 8.69. The maximum Gasteiger partial charge on any atom is 0.410 e. The quantitative estimate of drug-likeness (QED) is 0.891. The molecule has 2 rings (SSSR count). The Kier molecular flexibility index (Phi) is 5.72. The van der Waals surface area contributed by atoms with Gasteiger partial charge in [-0.25, -0.2) is 4.79 Å². The fourth-order valence-electron chi connectivity index (χ4n) is 3.11. The van der Waals surface area contributed by atoms with Crippen molar-refractivity contribution in [2.75, 3.05) is 26.2 Å². The van der Waals surface area contributed by atoms with Crippen molar-refractivity contribution in [3.8, 4) is 0 Å². The molecule has 0 aromatic heterocycles. The molecule has 0 saturated carbocycles. The predicted octanol–water partition coefficient (Wildman–Crippen LogP) is 2.32. The zero-order chi connectivity index (χ0) is 18.8. The van der Waals surface area contributed by atoms with Gasteiger partial charge in [0.05, 0.1) is 6.04 Å². The smallest absolute Gasteiger partial charge is 0.410 e. The zero-order valence-electron chi connectivity index (χ0n) is 15.8. The van der Waals surface area contributed by atoms with Gasteiger partial charge in [0.25, 0.3) is 5.91 Å². The van der Waals surface area contributed by atoms with E-state index in [0.29, 0.717) is 26.2 Å². The molecule has 6 nitrogen and oxygen atoms in total. The van der Waals surface area contributed by atoms with Crippen LogP contribution in [-0.4, -0.2) is 59.6 Å². The standard InChI is InChI=1S/C19H29N3O3/c1-13-7-6-8-14(2)16(13)17(23)22-10-9-21(12-15(22)11-20)18(24)25-19(3,4)5/h6-8,15H,9-12,20H2,1-5H3. The maximum absolute atomic E-state index is 13.1. The van der Waals surface area contributed by atoms with Gasteiger partial charge in [-0.15, -0.1) is 0 Å². The molecule has 1 heterocycles. The Morgan fingerprint density at radius 2 is 1.80 bits per heavy atom. The first kappa shape index (κ1) is 19.2. The van der Waals surface area contributed by atoms with Crippen molar-refractivity contribution in [3.05, 3.63) is 34.9 Å². The van der Waals surface area contributed by atoms with Gasteiger partial charge in [0, 0.05) is 31.7 Å². The second-order valence-corrected chi connectivity index (χ2v) is 7.58. The summed E-state index contributed by atoms with van der Waals surface area (Å²) in [6.45, 7) is 11.0. The van der Waals surface area contributed by atoms with Crippen LogP contribution in [-0.2, 0) is 4.74 Å². The number of carbonyl (C=O) groups is 2. The topological polar surface area (TPSA) is 75.9 Å². The number of ether oxygens (including phenoxy) is 1. The summed E-state index contributed by atoms with van der Waals surface area (Å²) in [5, 5.41) is 0. The highest BCUT2D eigenvalue weighted by atomic mass is 16.6. The average Bonchev–Trinajstić information content (AvgIpc) is 2.52. The minimum absolute atomic E-state index is 0.0186. The Bertz CT molecular complexity index is 632. The molecule has 6 heteroatoms. The summed E-state index contributed by atoms with van der Waals surface area (Å²) < 4.78 is 5.43. The van der Waals surface area contributed by atoms with Crippen molar-refractivity contribution < 1.29 is 14.3 Å². The van der Waals surface area contributed by atoms with Gasteiger partial charge < -0.3 is 20.3 Å². The summed E-state index contributed by atoms with van der Waals surface area (Å²) >= 11 is 0. The predicted molar refractivity (Wildman–Crippen MR) is 97.6 cm³/mol. The molecule has 0 aliphatic carbocycles. The second-order valence-electron chi connectivity index (χ2n) is 7.58. The Hall–Kier alpha value is -2.08. The highest BCUT2D eigenvalue weighted by Crippen LogP contribution is 2.20. The van der Waals surface area contributed by atoms with Crippen LogP contribution in [0.15, 0.2) is 18.2 Å². The van der Waals surface area contributed by atoms with Gasteiger partial charge in [-0.3, -0.25) is 4.79 Å². The van der Waals surface area contributed by atoms with E-state index in [4.69, 9.17) is 10.5 Å². The number of rotatable bonds is 2. The number of carbonyl (C=O) groups excluding carboxylic acids is 2. The normalized spacial score (nSPS) is 18.2. The van der Waals surface area contributed by atoms with Gasteiger partial charge in [0.15, 0.2) is 0 Å². The Balaban J connectivity index is 2.15. The maximum atomic E-state index is 13.1. The van der Waals surface area contributed by atoms with Crippen molar-refractivity contribution in [1.82, 2.24) is 9.80 Å². The van der Waals surface area contributed by atoms with E-state index in [1.165, 1.54) is 0 Å². The lowest BCUT2D eigenvalue weighted by atomic mass is 10.00. The molecular weight excluding hydrogens is 318 g/mol. The van der Waals surface area contributed by atoms with Crippen LogP contribution in [0.1, 0.15) is 42.3 Å². The third-order valence-electron chi connectivity index (χ3n) is 4.36. The van der Waals surface area contributed by atoms with Crippen LogP contribution in [0, 0.1) is 13.8 Å². The van der Waals surface area contributed by atoms with Gasteiger partial charge in [-0.05, 0) is 45.7 Å². The lowest BCUT2D eigenvalue weighted by Crippen LogP contribution is -2.59. The molecule has 1 aliphatic heterocycles. The molecular formula is C19H29N3O3. The molecule has 1 saturated heterocycles. The molecule has 1 atom stereocenters. The molecule has 1 unspecified atom stereocenters. The van der Waals surface area contributed by atoms with Crippen molar-refractivity contribution >= 4 is 12.0 Å². The molecule has 138 valence electrons. The van der Waals surface area contributed by atoms with Crippen LogP contribution in [0.2, 0.25) is 0 Å². The molecule has 0 spiro atoms. The van der Waals surface area contributed by atoms with Crippen LogP contribution in [0.3, 0.4) is 0 Å². The first-order chi connectivity index (χ1) is 11.6. The Morgan fingerprint density at radius 1 is 1.20 bits per heavy atom. The van der Waals surface area contributed by atoms with E-state index in [1.807, 2.05) is 52.8 Å². The van der Waals surface area contributed by atoms with Gasteiger partial charge in [0.1, 0.15) is 5.60 Å². The first-order valence-electron chi connectivity index (χ1n) is 8.69. The molecule has 2 N–H and O–H groups in total. The zero-order valence-corrected chi connectivity index (χ0v) is 15.8. The largest absolute Gasteiger partial charge is 0.444 e. The van der Waals surface area contributed by atoms with E-state index in [1.54, 1.807) is 9.80 Å². The molecule has 0 radical (unpaired) electrons. The van der Waals surface area contributed by atoms with Gasteiger partial charge in [-0.1, -0.05) is 18.2 Å². The molecule has 1 aromatic carbocycles. The number of piperazine rings is 1. The lowest BCUT2D eigenvalue weighted by Gasteiger charge is -2.41. The van der Waals surface area contributed by atoms with Crippen molar-refractivity contribution in [1.29, 1.82) is 0 Å². The van der Waals surface area contributed by atoms with Crippen molar-refractivity contribution in [2.24, 2.45) is 5.73 Å². The molecule has 1 fully saturated rings. The van der Waals surface area contributed by atoms with Gasteiger partial charge >= 0.3 is 6.09 Å². The Labute approximate surface area is 149 Å². The summed E-state index contributed by atoms with van der Waals surface area (Å²) in [5.41, 5.74) is 8.00. The lowest BCUT2D eigenvalue weighted by molar-refractivity contribution is 0.00524. The molecule has 1 aliphatic rings. The molecule has 2 amide bonds. The minimum atomic E-state index is -0.541. The summed E-state index contributed by atoms with van der Waals surface area (Å²) in [4.78, 5) is 28.8. The SMILES string of the molecule is Cc1cccc(C)c1C(=O)N1CCN(C(=O)OC(C)(C)C)CC1CN. The number of nitrogens with two attached hydrogens (primary N) is 1. The summed E-state index contributed by atoms with van der Waals surface area (Å²) in [7, 11) is 0. The number of hydrogen-bond acceptors (Lipinski definition) is 4. The number of hydrogen-bond donors (Lipinski definition) is 1. The average molecular weight is 347 g/mol. The van der Waals surface area contributed by atoms with E-state index in [-0.39, 0.29) is 18.0 Å². The third kappa shape index (κ3) is 4.51. The van der Waals surface area contributed by atoms with Crippen LogP contribution in [0.4, 0.5) is 4.79 Å². The summed E-state index contributed by atoms with van der Waals surface area (Å²) in [6.07, 6.45) is -0.356. The molecule has 1 aromatic rings. The summed E-state index contributed by atoms with van der Waals surface area (Å²) in [5.74, 6) is -0.0186. The second kappa shape index (κ2) is 7.44. The highest BCUT2D eigenvalue weighted by molar-refractivity contribution is 5.97. The monoisotopic (exact) mass is 347 g/mol. The highest BCUT2D eigenvalue weighted by Gasteiger charge is 2.34. The van der Waals surface area contributed by atoms with Crippen LogP contribution in [0.25, 0.3) is 0 Å². The van der Waals surface area contributed by atoms with Crippen LogP contribution >= 0.6 is 0 Å². The van der Waals surface area contributed by atoms with Crippen LogP contribution in [0.5, 0.6) is 0 Å². The van der Waals surface area contributed by atoms with Gasteiger partial charge in [-0.2, -0.15) is 0 Å². The fourth-order valence-corrected chi connectivity index (χ4v) is 3.11. The summed E-state index contributed by atoms with van der Waals surface area (Å²) in [6, 6.07) is 5.61. The van der Waals surface area contributed by atoms with Crippen LogP contribution < -0.4 is 5.73 Å². The number of benzene rings is 1. The van der Waals surface area contributed by atoms with E-state index in [9.17, 15) is 9.59 Å². The van der Waals surface area contributed by atoms with E-state index >= 15 is 0 Å². The Morgan fingerprint density at radius 3 is 2.32 bits per heavy atom. The van der Waals surface area contributed by atoms with Gasteiger partial charge in [0.2, 0.25) is 0 Å². The third-order valence-corrected chi connectivity index (χ3v) is 4.36. The molecule has 25 heavy (non-hydrogen) atoms. The van der Waals surface area contributed by atoms with Crippen molar-refractivity contribution in [2.45, 2.75) is 46.3 Å². The number of aryl methyl sites for hydroxylation is 2. The fraction of sp³-hybridized carbons (Fsp3) is 0.579. The van der Waals surface area contributed by atoms with E-state index in [0.717, 1.165) is 16.7 Å². The number of amides is 2. The minimum Gasteiger partial charge on any atom is -0.444 e. The molecule has 0 bridgehead atoms. The van der Waals surface area contributed by atoms with E-state index < -0.39 is 5.60 Å². The van der Waals surface area contributed by atoms with E-state index in [2.05, 4.69) is 0 Å². The number of nitrogens with zero attached hydrogens (tertiary/aromatic N) is 2.